The van der Waals surface area contributed by atoms with E-state index in [1.54, 1.807) is 35.1 Å². The number of benzene rings is 1. The quantitative estimate of drug-likeness (QED) is 0.0798. The fourth-order valence-corrected chi connectivity index (χ4v) is 5.95. The molecule has 0 bridgehead atoms. The molecule has 16 nitrogen and oxygen atoms in total. The highest BCUT2D eigenvalue weighted by atomic mass is 32.1. The number of urea groups is 1. The lowest BCUT2D eigenvalue weighted by Gasteiger charge is -2.49. The lowest BCUT2D eigenvalue weighted by Crippen LogP contribution is -2.73. The molecule has 5 N–H and O–H groups in total. The zero-order chi connectivity index (χ0) is 37.2. The van der Waals surface area contributed by atoms with Gasteiger partial charge in [0.1, 0.15) is 17.0 Å². The highest BCUT2D eigenvalue weighted by Crippen LogP contribution is 2.41. The molecule has 1 unspecified atom stereocenters. The fraction of sp³-hybridized carbons (Fsp3) is 0.531. The van der Waals surface area contributed by atoms with Crippen LogP contribution < -0.4 is 10.6 Å². The molecule has 2 aromatic rings. The Balaban J connectivity index is 1.66. The topological polar surface area (TPSA) is 224 Å². The van der Waals surface area contributed by atoms with Crippen molar-refractivity contribution >= 4 is 58.8 Å². The molecule has 1 fully saturated rings. The van der Waals surface area contributed by atoms with Gasteiger partial charge in [-0.15, -0.1) is 5.10 Å². The summed E-state index contributed by atoms with van der Waals surface area (Å²) < 4.78 is 14.0. The van der Waals surface area contributed by atoms with Crippen LogP contribution in [0, 0.1) is 5.41 Å². The number of unbranched alkanes of at least 4 members (excludes halogenated alkanes) is 1. The van der Waals surface area contributed by atoms with Crippen LogP contribution in [0.3, 0.4) is 0 Å². The first kappa shape index (κ1) is 39.4. The SMILES string of the molecule is CCC1(CC)C(=O)N([C@@H](CCCCNC(=S)Nc2ccc(-n3cc(CCCF)nn3)cc2)C(=O)O)C(=O)N(C(C)(CCC(=O)O)C(=O)O)C1=O. The van der Waals surface area contributed by atoms with Crippen LogP contribution in [0.25, 0.3) is 5.69 Å². The number of anilines is 1. The molecular formula is C32H42FN7O9S. The van der Waals surface area contributed by atoms with Crippen molar-refractivity contribution in [3.63, 3.8) is 0 Å². The highest BCUT2D eigenvalue weighted by molar-refractivity contribution is 7.80. The molecular weight excluding hydrogens is 677 g/mol. The van der Waals surface area contributed by atoms with Crippen LogP contribution in [0.5, 0.6) is 0 Å². The Morgan fingerprint density at radius 3 is 2.24 bits per heavy atom. The van der Waals surface area contributed by atoms with Crippen molar-refractivity contribution < 1.29 is 48.5 Å². The van der Waals surface area contributed by atoms with Gasteiger partial charge in [0.25, 0.3) is 0 Å². The van der Waals surface area contributed by atoms with E-state index in [4.69, 9.17) is 12.2 Å². The average molecular weight is 720 g/mol. The van der Waals surface area contributed by atoms with Crippen LogP contribution in [0.15, 0.2) is 30.5 Å². The van der Waals surface area contributed by atoms with Crippen molar-refractivity contribution in [1.82, 2.24) is 30.1 Å². The molecule has 1 aliphatic heterocycles. The van der Waals surface area contributed by atoms with Gasteiger partial charge in [-0.1, -0.05) is 19.1 Å². The van der Waals surface area contributed by atoms with E-state index >= 15 is 0 Å². The van der Waals surface area contributed by atoms with Crippen molar-refractivity contribution in [3.05, 3.63) is 36.2 Å². The van der Waals surface area contributed by atoms with Crippen LogP contribution in [-0.2, 0) is 30.4 Å². The molecule has 2 heterocycles. The summed E-state index contributed by atoms with van der Waals surface area (Å²) in [4.78, 5) is 78.3. The number of thiocarbonyl (C=S) groups is 1. The largest absolute Gasteiger partial charge is 0.481 e. The number of amides is 4. The van der Waals surface area contributed by atoms with Crippen LogP contribution in [-0.4, -0.2) is 106 Å². The standard InChI is InChI=1S/C32H42FN7O9S/c1-4-32(5-2)26(45)39(30(49)40(27(32)46)31(3,28(47)48)16-15-24(41)42)23(25(43)44)10-6-7-18-34-29(50)35-20-11-13-22(14-12-20)38-19-21(36-37-38)9-8-17-33/h11-14,19,23H,4-10,15-18H2,1-3H3,(H,41,42)(H,43,44)(H,47,48)(H2,34,35,50)/t23-,31?/m0/s1. The molecule has 0 aliphatic carbocycles. The van der Waals surface area contributed by atoms with Crippen molar-refractivity contribution in [3.8, 4) is 5.69 Å². The van der Waals surface area contributed by atoms with Gasteiger partial charge in [0.15, 0.2) is 5.11 Å². The molecule has 0 saturated carbocycles. The molecule has 0 spiro atoms. The maximum Gasteiger partial charge on any atom is 0.335 e. The Hall–Kier alpha value is -5.00. The van der Waals surface area contributed by atoms with Crippen LogP contribution in [0.1, 0.15) is 77.8 Å². The second kappa shape index (κ2) is 17.1. The number of aryl methyl sites for hydroxylation is 1. The number of carboxylic acid groups (broad SMARTS) is 3. The van der Waals surface area contributed by atoms with Crippen LogP contribution in [0.2, 0.25) is 0 Å². The van der Waals surface area contributed by atoms with E-state index in [1.165, 1.54) is 13.8 Å². The molecule has 272 valence electrons. The number of alkyl halides is 1. The van der Waals surface area contributed by atoms with Gasteiger partial charge in [0, 0.05) is 18.7 Å². The number of imide groups is 2. The summed E-state index contributed by atoms with van der Waals surface area (Å²) in [6, 6.07) is 3.98. The molecule has 3 rings (SSSR count). The first-order valence-corrected chi connectivity index (χ1v) is 16.6. The molecule has 1 aromatic heterocycles. The van der Waals surface area contributed by atoms with Gasteiger partial charge >= 0.3 is 23.9 Å². The van der Waals surface area contributed by atoms with E-state index in [2.05, 4.69) is 20.9 Å². The first-order valence-electron chi connectivity index (χ1n) is 16.2. The fourth-order valence-electron chi connectivity index (χ4n) is 5.73. The summed E-state index contributed by atoms with van der Waals surface area (Å²) in [7, 11) is 0. The molecule has 4 amide bonds. The van der Waals surface area contributed by atoms with E-state index in [-0.39, 0.29) is 30.8 Å². The summed E-state index contributed by atoms with van der Waals surface area (Å²) in [5.74, 6) is -6.72. The predicted molar refractivity (Wildman–Crippen MR) is 180 cm³/mol. The van der Waals surface area contributed by atoms with Gasteiger partial charge in [-0.2, -0.15) is 0 Å². The number of hydrogen-bond acceptors (Lipinski definition) is 9. The summed E-state index contributed by atoms with van der Waals surface area (Å²) in [5, 5.41) is 43.8. The van der Waals surface area contributed by atoms with Gasteiger partial charge < -0.3 is 26.0 Å². The number of barbiturate groups is 1. The minimum Gasteiger partial charge on any atom is -0.481 e. The van der Waals surface area contributed by atoms with Crippen molar-refractivity contribution in [2.24, 2.45) is 5.41 Å². The monoisotopic (exact) mass is 719 g/mol. The zero-order valence-electron chi connectivity index (χ0n) is 28.1. The number of nitrogens with one attached hydrogen (secondary N) is 2. The number of carboxylic acids is 3. The van der Waals surface area contributed by atoms with Crippen LogP contribution in [0.4, 0.5) is 14.9 Å². The Bertz CT molecular complexity index is 1600. The molecule has 1 saturated heterocycles. The third-order valence-corrected chi connectivity index (χ3v) is 9.16. The summed E-state index contributed by atoms with van der Waals surface area (Å²) in [5.41, 5.74) is -2.20. The van der Waals surface area contributed by atoms with Crippen molar-refractivity contribution in [2.75, 3.05) is 18.5 Å². The third-order valence-electron chi connectivity index (χ3n) is 8.91. The summed E-state index contributed by atoms with van der Waals surface area (Å²) in [6.07, 6.45) is 1.26. The van der Waals surface area contributed by atoms with Crippen molar-refractivity contribution in [1.29, 1.82) is 0 Å². The molecule has 0 radical (unpaired) electrons. The van der Waals surface area contributed by atoms with E-state index < -0.39 is 72.3 Å². The van der Waals surface area contributed by atoms with E-state index in [9.17, 15) is 48.5 Å². The lowest BCUT2D eigenvalue weighted by molar-refractivity contribution is -0.174. The van der Waals surface area contributed by atoms with Gasteiger partial charge in [-0.05, 0) is 94.8 Å². The number of halogens is 1. The van der Waals surface area contributed by atoms with Crippen molar-refractivity contribution in [2.45, 2.75) is 90.1 Å². The zero-order valence-corrected chi connectivity index (χ0v) is 28.9. The number of carbonyl (C=O) groups is 6. The van der Waals surface area contributed by atoms with Gasteiger partial charge in [0.2, 0.25) is 11.8 Å². The number of aromatic nitrogens is 3. The Kier molecular flexibility index (Phi) is 13.5. The van der Waals surface area contributed by atoms with Gasteiger partial charge in [-0.3, -0.25) is 18.8 Å². The third kappa shape index (κ3) is 8.58. The van der Waals surface area contributed by atoms with Gasteiger partial charge in [-0.25, -0.2) is 28.9 Å². The smallest absolute Gasteiger partial charge is 0.335 e. The van der Waals surface area contributed by atoms with Gasteiger partial charge in [0.05, 0.1) is 24.3 Å². The maximum absolute atomic E-state index is 13.8. The predicted octanol–water partition coefficient (Wildman–Crippen LogP) is 3.38. The minimum absolute atomic E-state index is 0.150. The number of carbonyl (C=O) groups excluding carboxylic acids is 3. The molecule has 1 aliphatic rings. The number of aliphatic carboxylic acids is 3. The molecule has 1 aromatic carbocycles. The Labute approximate surface area is 293 Å². The molecule has 18 heteroatoms. The normalized spacial score (nSPS) is 16.1. The second-order valence-corrected chi connectivity index (χ2v) is 12.5. The Morgan fingerprint density at radius 1 is 1.02 bits per heavy atom. The van der Waals surface area contributed by atoms with E-state index in [0.717, 1.165) is 12.6 Å². The first-order chi connectivity index (χ1) is 23.7. The number of nitrogens with zero attached hydrogens (tertiary/aromatic N) is 5. The maximum atomic E-state index is 13.8. The Morgan fingerprint density at radius 2 is 1.68 bits per heavy atom. The summed E-state index contributed by atoms with van der Waals surface area (Å²) in [6.45, 7) is 3.87. The lowest BCUT2D eigenvalue weighted by atomic mass is 9.75. The molecule has 50 heavy (non-hydrogen) atoms. The minimum atomic E-state index is -2.37. The average Bonchev–Trinajstić information content (AvgIpc) is 3.55. The van der Waals surface area contributed by atoms with E-state index in [1.807, 2.05) is 0 Å². The number of rotatable bonds is 19. The highest BCUT2D eigenvalue weighted by Gasteiger charge is 2.62. The number of hydrogen-bond donors (Lipinski definition) is 5. The second-order valence-electron chi connectivity index (χ2n) is 12.1. The van der Waals surface area contributed by atoms with E-state index in [0.29, 0.717) is 47.0 Å². The van der Waals surface area contributed by atoms with Crippen LogP contribution >= 0.6 is 12.2 Å². The summed E-state index contributed by atoms with van der Waals surface area (Å²) >= 11 is 5.36. The molecule has 2 atom stereocenters.